The van der Waals surface area contributed by atoms with Crippen LogP contribution < -0.4 is 0 Å². The number of ether oxygens (including phenoxy) is 1. The number of carbonyl (C=O) groups is 3. The molecule has 116 valence electrons. The molecule has 2 aliphatic rings. The van der Waals surface area contributed by atoms with Crippen LogP contribution in [-0.2, 0) is 20.9 Å². The molecule has 3 atom stereocenters. The predicted octanol–water partition coefficient (Wildman–Crippen LogP) is 1.69. The highest BCUT2D eigenvalue weighted by Crippen LogP contribution is 2.42. The van der Waals surface area contributed by atoms with Gasteiger partial charge in [0.25, 0.3) is 0 Å². The molecule has 1 aliphatic carbocycles. The highest BCUT2D eigenvalue weighted by atomic mass is 16.6. The van der Waals surface area contributed by atoms with Crippen molar-refractivity contribution in [2.45, 2.75) is 25.5 Å². The first kappa shape index (κ1) is 14.6. The van der Waals surface area contributed by atoms with Crippen LogP contribution in [0.5, 0.6) is 0 Å². The van der Waals surface area contributed by atoms with Crippen molar-refractivity contribution in [3.05, 3.63) is 35.9 Å². The van der Waals surface area contributed by atoms with E-state index in [9.17, 15) is 19.5 Å². The summed E-state index contributed by atoms with van der Waals surface area (Å²) in [4.78, 5) is 36.6. The van der Waals surface area contributed by atoms with Crippen molar-refractivity contribution < 1.29 is 24.2 Å². The maximum atomic E-state index is 12.2. The van der Waals surface area contributed by atoms with E-state index in [0.29, 0.717) is 6.42 Å². The minimum atomic E-state index is -0.961. The number of aliphatic carboxylic acids is 1. The van der Waals surface area contributed by atoms with Gasteiger partial charge in [-0.15, -0.1) is 0 Å². The number of carboxylic acid groups (broad SMARTS) is 1. The molecule has 2 fully saturated rings. The van der Waals surface area contributed by atoms with E-state index in [0.717, 1.165) is 5.56 Å². The molecular formula is C16H17NO5. The molecule has 1 aromatic rings. The monoisotopic (exact) mass is 303 g/mol. The van der Waals surface area contributed by atoms with E-state index >= 15 is 0 Å². The number of piperidine rings is 1. The molecule has 1 saturated carbocycles. The van der Waals surface area contributed by atoms with Crippen LogP contribution in [0.4, 0.5) is 4.79 Å². The van der Waals surface area contributed by atoms with Crippen LogP contribution in [0.1, 0.15) is 18.4 Å². The van der Waals surface area contributed by atoms with Crippen molar-refractivity contribution in [3.63, 3.8) is 0 Å². The molecule has 0 unspecified atom stereocenters. The number of likely N-dealkylation sites (tertiary alicyclic amines) is 1. The molecule has 6 heteroatoms. The second-order valence-corrected chi connectivity index (χ2v) is 5.73. The fraction of sp³-hybridized carbons (Fsp3) is 0.438. The molecule has 1 amide bonds. The first-order valence-corrected chi connectivity index (χ1v) is 7.31. The first-order chi connectivity index (χ1) is 10.6. The van der Waals surface area contributed by atoms with Crippen LogP contribution in [-0.4, -0.2) is 40.4 Å². The van der Waals surface area contributed by atoms with Crippen molar-refractivity contribution in [2.75, 3.05) is 6.54 Å². The Morgan fingerprint density at radius 3 is 2.68 bits per heavy atom. The number of nitrogens with zero attached hydrogens (tertiary/aromatic N) is 1. The third-order valence-corrected chi connectivity index (χ3v) is 4.46. The maximum absolute atomic E-state index is 12.2. The Bertz CT molecular complexity index is 596. The minimum absolute atomic E-state index is 0.0506. The maximum Gasteiger partial charge on any atom is 0.410 e. The summed E-state index contributed by atoms with van der Waals surface area (Å²) in [6.45, 7) is 0.372. The summed E-state index contributed by atoms with van der Waals surface area (Å²) in [6.07, 6.45) is 0.0483. The summed E-state index contributed by atoms with van der Waals surface area (Å²) in [5, 5.41) is 9.18. The highest BCUT2D eigenvalue weighted by Gasteiger charge is 2.55. The van der Waals surface area contributed by atoms with E-state index < -0.39 is 24.0 Å². The van der Waals surface area contributed by atoms with Crippen LogP contribution in [0.2, 0.25) is 0 Å². The van der Waals surface area contributed by atoms with Gasteiger partial charge in [-0.3, -0.25) is 9.59 Å². The Morgan fingerprint density at radius 2 is 2.00 bits per heavy atom. The SMILES string of the molecule is O=C(O)[C@@H]1C[C@H]2C(=O)CCN(C(=O)OCc3ccccc3)[C@@H]12. The zero-order chi connectivity index (χ0) is 15.7. The molecule has 0 bridgehead atoms. The molecule has 1 N–H and O–H groups in total. The molecule has 1 aromatic carbocycles. The molecule has 1 saturated heterocycles. The lowest BCUT2D eigenvalue weighted by Gasteiger charge is -2.50. The fourth-order valence-electron chi connectivity index (χ4n) is 3.22. The number of hydrogen-bond donors (Lipinski definition) is 1. The average Bonchev–Trinajstić information content (AvgIpc) is 2.47. The number of rotatable bonds is 3. The number of amides is 1. The molecule has 22 heavy (non-hydrogen) atoms. The second kappa shape index (κ2) is 5.79. The molecule has 6 nitrogen and oxygen atoms in total. The van der Waals surface area contributed by atoms with Gasteiger partial charge in [-0.2, -0.15) is 0 Å². The Labute approximate surface area is 127 Å². The second-order valence-electron chi connectivity index (χ2n) is 5.73. The summed E-state index contributed by atoms with van der Waals surface area (Å²) in [5.41, 5.74) is 0.865. The first-order valence-electron chi connectivity index (χ1n) is 7.31. The normalized spacial score (nSPS) is 26.8. The number of hydrogen-bond acceptors (Lipinski definition) is 4. The lowest BCUT2D eigenvalue weighted by Crippen LogP contribution is -2.63. The van der Waals surface area contributed by atoms with Gasteiger partial charge in [-0.25, -0.2) is 4.79 Å². The molecule has 0 spiro atoms. The quantitative estimate of drug-likeness (QED) is 0.918. The van der Waals surface area contributed by atoms with Gasteiger partial charge >= 0.3 is 12.1 Å². The topological polar surface area (TPSA) is 83.9 Å². The third kappa shape index (κ3) is 2.56. The van der Waals surface area contributed by atoms with Crippen molar-refractivity contribution in [1.82, 2.24) is 4.90 Å². The summed E-state index contributed by atoms with van der Waals surface area (Å²) in [7, 11) is 0. The molecule has 0 aromatic heterocycles. The van der Waals surface area contributed by atoms with Gasteiger partial charge in [0.2, 0.25) is 0 Å². The zero-order valence-corrected chi connectivity index (χ0v) is 12.0. The Kier molecular flexibility index (Phi) is 3.83. The Hall–Kier alpha value is -2.37. The number of benzene rings is 1. The third-order valence-electron chi connectivity index (χ3n) is 4.46. The lowest BCUT2D eigenvalue weighted by atomic mass is 9.64. The summed E-state index contributed by atoms with van der Waals surface area (Å²) >= 11 is 0. The molecular weight excluding hydrogens is 286 g/mol. The van der Waals surface area contributed by atoms with Crippen LogP contribution in [0, 0.1) is 11.8 Å². The van der Waals surface area contributed by atoms with Crippen LogP contribution in [0.15, 0.2) is 30.3 Å². The summed E-state index contributed by atoms with van der Waals surface area (Å²) < 4.78 is 5.27. The number of ketones is 1. The average molecular weight is 303 g/mol. The number of Topliss-reactive ketones (excluding diaryl/α,β-unsaturated/α-hetero) is 1. The van der Waals surface area contributed by atoms with Gasteiger partial charge in [0, 0.05) is 18.9 Å². The van der Waals surface area contributed by atoms with E-state index in [1.165, 1.54) is 4.90 Å². The highest BCUT2D eigenvalue weighted by molar-refractivity contribution is 5.89. The van der Waals surface area contributed by atoms with Crippen molar-refractivity contribution >= 4 is 17.8 Å². The van der Waals surface area contributed by atoms with E-state index in [1.54, 1.807) is 0 Å². The summed E-state index contributed by atoms with van der Waals surface area (Å²) in [5.74, 6) is -1.93. The Balaban J connectivity index is 1.66. The predicted molar refractivity (Wildman–Crippen MR) is 76.0 cm³/mol. The number of carboxylic acids is 1. The van der Waals surface area contributed by atoms with Gasteiger partial charge in [0.15, 0.2) is 0 Å². The van der Waals surface area contributed by atoms with Gasteiger partial charge in [0.1, 0.15) is 12.4 Å². The van der Waals surface area contributed by atoms with Gasteiger partial charge in [-0.05, 0) is 12.0 Å². The van der Waals surface area contributed by atoms with Crippen molar-refractivity contribution in [3.8, 4) is 0 Å². The van der Waals surface area contributed by atoms with Crippen LogP contribution >= 0.6 is 0 Å². The minimum Gasteiger partial charge on any atom is -0.481 e. The van der Waals surface area contributed by atoms with E-state index in [4.69, 9.17) is 4.74 Å². The van der Waals surface area contributed by atoms with Crippen molar-refractivity contribution in [2.24, 2.45) is 11.8 Å². The molecule has 1 heterocycles. The van der Waals surface area contributed by atoms with Gasteiger partial charge in [-0.1, -0.05) is 30.3 Å². The van der Waals surface area contributed by atoms with Gasteiger partial charge < -0.3 is 14.7 Å². The lowest BCUT2D eigenvalue weighted by molar-refractivity contribution is -0.158. The zero-order valence-electron chi connectivity index (χ0n) is 12.0. The van der Waals surface area contributed by atoms with Crippen molar-refractivity contribution in [1.29, 1.82) is 0 Å². The Morgan fingerprint density at radius 1 is 1.27 bits per heavy atom. The number of carbonyl (C=O) groups excluding carboxylic acids is 2. The van der Waals surface area contributed by atoms with E-state index in [2.05, 4.69) is 0 Å². The fourth-order valence-corrected chi connectivity index (χ4v) is 3.22. The van der Waals surface area contributed by atoms with E-state index in [1.807, 2.05) is 30.3 Å². The molecule has 3 rings (SSSR count). The van der Waals surface area contributed by atoms with E-state index in [-0.39, 0.29) is 31.3 Å². The number of fused-ring (bicyclic) bond motifs is 1. The van der Waals surface area contributed by atoms with Crippen LogP contribution in [0.25, 0.3) is 0 Å². The van der Waals surface area contributed by atoms with Crippen LogP contribution in [0.3, 0.4) is 0 Å². The summed E-state index contributed by atoms with van der Waals surface area (Å²) in [6, 6.07) is 8.72. The molecule has 1 aliphatic heterocycles. The standard InChI is InChI=1S/C16H17NO5/c18-13-6-7-17(14-11(13)8-12(14)15(19)20)16(21)22-9-10-4-2-1-3-5-10/h1-5,11-12,14H,6-9H2,(H,19,20)/t11-,12+,14+/m0/s1. The largest absolute Gasteiger partial charge is 0.481 e. The smallest absolute Gasteiger partial charge is 0.410 e. The molecule has 0 radical (unpaired) electrons. The van der Waals surface area contributed by atoms with Gasteiger partial charge in [0.05, 0.1) is 12.0 Å².